The van der Waals surface area contributed by atoms with E-state index in [1.54, 1.807) is 0 Å². The van der Waals surface area contributed by atoms with Crippen LogP contribution in [0.5, 0.6) is 0 Å². The van der Waals surface area contributed by atoms with Gasteiger partial charge in [-0.2, -0.15) is 4.39 Å². The molecule has 0 unspecified atom stereocenters. The van der Waals surface area contributed by atoms with E-state index in [1.807, 2.05) is 5.32 Å². The van der Waals surface area contributed by atoms with Gasteiger partial charge in [-0.05, 0) is 6.07 Å². The fraction of sp³-hybridized carbons (Fsp3) is 0.200. The second-order valence-corrected chi connectivity index (χ2v) is 3.27. The third-order valence-electron chi connectivity index (χ3n) is 2.12. The number of nitrogens with one attached hydrogen (secondary N) is 1. The molecule has 0 saturated heterocycles. The van der Waals surface area contributed by atoms with Crippen LogP contribution < -0.4 is 5.32 Å². The topological polar surface area (TPSA) is 98.5 Å². The Morgan fingerprint density at radius 1 is 1.42 bits per heavy atom. The van der Waals surface area contributed by atoms with Gasteiger partial charge in [-0.15, -0.1) is 0 Å². The van der Waals surface area contributed by atoms with Gasteiger partial charge in [-0.1, -0.05) is 0 Å². The normalized spacial score (nSPS) is 9.84. The van der Waals surface area contributed by atoms with Crippen molar-refractivity contribution in [2.24, 2.45) is 0 Å². The number of hydrogen-bond acceptors (Lipinski definition) is 5. The summed E-state index contributed by atoms with van der Waals surface area (Å²) in [6.45, 7) is -0.614. The van der Waals surface area contributed by atoms with Gasteiger partial charge >= 0.3 is 11.7 Å². The number of amides is 1. The Balaban J connectivity index is 3.05. The molecular formula is C10H8F2N2O5. The SMILES string of the molecule is COC(=O)CNC(=O)c1c(F)ccc([N+](=O)[O-])c1F. The molecule has 1 N–H and O–H groups in total. The first-order valence-electron chi connectivity index (χ1n) is 4.86. The molecule has 0 radical (unpaired) electrons. The van der Waals surface area contributed by atoms with Crippen molar-refractivity contribution in [2.45, 2.75) is 0 Å². The number of nitro benzene ring substituents is 1. The highest BCUT2D eigenvalue weighted by Gasteiger charge is 2.26. The molecule has 7 nitrogen and oxygen atoms in total. The smallest absolute Gasteiger partial charge is 0.325 e. The summed E-state index contributed by atoms with van der Waals surface area (Å²) in [5.74, 6) is -5.00. The molecule has 1 aromatic rings. The average Bonchev–Trinajstić information content (AvgIpc) is 2.35. The lowest BCUT2D eigenvalue weighted by atomic mass is 10.1. The Bertz CT molecular complexity index is 547. The molecule has 0 aliphatic rings. The van der Waals surface area contributed by atoms with Crippen LogP contribution in [0, 0.1) is 21.7 Å². The quantitative estimate of drug-likeness (QED) is 0.497. The highest BCUT2D eigenvalue weighted by molar-refractivity contribution is 5.97. The average molecular weight is 274 g/mol. The van der Waals surface area contributed by atoms with Gasteiger partial charge < -0.3 is 10.1 Å². The van der Waals surface area contributed by atoms with Crippen molar-refractivity contribution >= 4 is 17.6 Å². The minimum atomic E-state index is -1.60. The molecule has 1 aromatic carbocycles. The number of benzene rings is 1. The Labute approximate surface area is 105 Å². The largest absolute Gasteiger partial charge is 0.468 e. The molecule has 0 aliphatic heterocycles. The fourth-order valence-electron chi connectivity index (χ4n) is 1.20. The maximum atomic E-state index is 13.6. The maximum absolute atomic E-state index is 13.6. The van der Waals surface area contributed by atoms with Crippen molar-refractivity contribution in [3.63, 3.8) is 0 Å². The van der Waals surface area contributed by atoms with Crippen LogP contribution in [0.1, 0.15) is 10.4 Å². The monoisotopic (exact) mass is 274 g/mol. The number of nitrogens with zero attached hydrogens (tertiary/aromatic N) is 1. The molecule has 102 valence electrons. The van der Waals surface area contributed by atoms with Gasteiger partial charge in [0.2, 0.25) is 5.82 Å². The van der Waals surface area contributed by atoms with Crippen molar-refractivity contribution in [1.29, 1.82) is 0 Å². The number of carbonyl (C=O) groups excluding carboxylic acids is 2. The van der Waals surface area contributed by atoms with Crippen LogP contribution in [0.4, 0.5) is 14.5 Å². The summed E-state index contributed by atoms with van der Waals surface area (Å²) in [6.07, 6.45) is 0. The van der Waals surface area contributed by atoms with Gasteiger partial charge in [0.1, 0.15) is 17.9 Å². The molecule has 0 heterocycles. The number of rotatable bonds is 4. The minimum absolute atomic E-state index is 0.592. The van der Waals surface area contributed by atoms with Crippen LogP contribution in [-0.2, 0) is 9.53 Å². The van der Waals surface area contributed by atoms with Crippen LogP contribution in [-0.4, -0.2) is 30.5 Å². The van der Waals surface area contributed by atoms with Crippen molar-refractivity contribution in [3.8, 4) is 0 Å². The van der Waals surface area contributed by atoms with Crippen LogP contribution in [0.2, 0.25) is 0 Å². The number of nitro groups is 1. The van der Waals surface area contributed by atoms with Gasteiger partial charge in [0, 0.05) is 6.07 Å². The van der Waals surface area contributed by atoms with Crippen LogP contribution >= 0.6 is 0 Å². The predicted molar refractivity (Wildman–Crippen MR) is 57.4 cm³/mol. The molecular weight excluding hydrogens is 266 g/mol. The Hall–Kier alpha value is -2.58. The van der Waals surface area contributed by atoms with E-state index in [1.165, 1.54) is 0 Å². The van der Waals surface area contributed by atoms with Crippen LogP contribution in [0.15, 0.2) is 12.1 Å². The third kappa shape index (κ3) is 3.21. The summed E-state index contributed by atoms with van der Waals surface area (Å²) < 4.78 is 31.1. The van der Waals surface area contributed by atoms with E-state index in [0.717, 1.165) is 7.11 Å². The lowest BCUT2D eigenvalue weighted by molar-refractivity contribution is -0.387. The second kappa shape index (κ2) is 5.85. The van der Waals surface area contributed by atoms with Gasteiger partial charge in [-0.3, -0.25) is 19.7 Å². The summed E-state index contributed by atoms with van der Waals surface area (Å²) in [7, 11) is 1.06. The van der Waals surface area contributed by atoms with E-state index in [2.05, 4.69) is 4.74 Å². The van der Waals surface area contributed by atoms with E-state index < -0.39 is 46.2 Å². The second-order valence-electron chi connectivity index (χ2n) is 3.27. The van der Waals surface area contributed by atoms with Gasteiger partial charge in [0.15, 0.2) is 0 Å². The van der Waals surface area contributed by atoms with Crippen molar-refractivity contribution < 1.29 is 28.0 Å². The van der Waals surface area contributed by atoms with E-state index in [0.29, 0.717) is 12.1 Å². The molecule has 0 fully saturated rings. The Morgan fingerprint density at radius 2 is 2.05 bits per heavy atom. The molecule has 1 rings (SSSR count). The first-order valence-corrected chi connectivity index (χ1v) is 4.86. The third-order valence-corrected chi connectivity index (χ3v) is 2.12. The first-order chi connectivity index (χ1) is 8.88. The molecule has 0 spiro atoms. The first kappa shape index (κ1) is 14.5. The number of hydrogen-bond donors (Lipinski definition) is 1. The van der Waals surface area contributed by atoms with E-state index in [9.17, 15) is 28.5 Å². The summed E-state index contributed by atoms with van der Waals surface area (Å²) in [5, 5.41) is 12.3. The lowest BCUT2D eigenvalue weighted by Crippen LogP contribution is -2.31. The fourth-order valence-corrected chi connectivity index (χ4v) is 1.20. The number of methoxy groups -OCH3 is 1. The highest BCUT2D eigenvalue weighted by atomic mass is 19.1. The van der Waals surface area contributed by atoms with Crippen LogP contribution in [0.3, 0.4) is 0 Å². The lowest BCUT2D eigenvalue weighted by Gasteiger charge is -2.06. The summed E-state index contributed by atoms with van der Waals surface area (Å²) in [4.78, 5) is 31.6. The summed E-state index contributed by atoms with van der Waals surface area (Å²) in [5.41, 5.74) is -2.16. The van der Waals surface area contributed by atoms with Gasteiger partial charge in [0.25, 0.3) is 5.91 Å². The van der Waals surface area contributed by atoms with Crippen molar-refractivity contribution in [1.82, 2.24) is 5.32 Å². The molecule has 0 saturated carbocycles. The zero-order valence-corrected chi connectivity index (χ0v) is 9.61. The van der Waals surface area contributed by atoms with Gasteiger partial charge in [0.05, 0.1) is 12.0 Å². The van der Waals surface area contributed by atoms with E-state index in [-0.39, 0.29) is 0 Å². The molecule has 1 amide bonds. The molecule has 9 heteroatoms. The van der Waals surface area contributed by atoms with Crippen molar-refractivity contribution in [2.75, 3.05) is 13.7 Å². The summed E-state index contributed by atoms with van der Waals surface area (Å²) >= 11 is 0. The number of esters is 1. The zero-order valence-electron chi connectivity index (χ0n) is 9.61. The predicted octanol–water partition coefficient (Wildman–Crippen LogP) is 0.776. The number of carbonyl (C=O) groups is 2. The van der Waals surface area contributed by atoms with Crippen molar-refractivity contribution in [3.05, 3.63) is 39.4 Å². The zero-order chi connectivity index (χ0) is 14.6. The molecule has 19 heavy (non-hydrogen) atoms. The molecule has 0 bridgehead atoms. The van der Waals surface area contributed by atoms with Crippen LogP contribution in [0.25, 0.3) is 0 Å². The number of halogens is 2. The Morgan fingerprint density at radius 3 is 2.58 bits per heavy atom. The minimum Gasteiger partial charge on any atom is -0.468 e. The van der Waals surface area contributed by atoms with E-state index >= 15 is 0 Å². The van der Waals surface area contributed by atoms with Gasteiger partial charge in [-0.25, -0.2) is 4.39 Å². The summed E-state index contributed by atoms with van der Waals surface area (Å²) in [6, 6.07) is 1.19. The Kier molecular flexibility index (Phi) is 4.46. The number of ether oxygens (including phenoxy) is 1. The maximum Gasteiger partial charge on any atom is 0.325 e. The van der Waals surface area contributed by atoms with E-state index in [4.69, 9.17) is 0 Å². The molecule has 0 atom stereocenters. The molecule has 0 aromatic heterocycles. The highest BCUT2D eigenvalue weighted by Crippen LogP contribution is 2.22. The molecule has 0 aliphatic carbocycles. The standard InChI is InChI=1S/C10H8F2N2O5/c1-19-7(15)4-13-10(16)8-5(11)2-3-6(9(8)12)14(17)18/h2-3H,4H2,1H3,(H,13,16).